The van der Waals surface area contributed by atoms with Gasteiger partial charge in [0.2, 0.25) is 0 Å². The van der Waals surface area contributed by atoms with Crippen LogP contribution in [0.3, 0.4) is 0 Å². The summed E-state index contributed by atoms with van der Waals surface area (Å²) in [5.74, 6) is 5.64. The van der Waals surface area contributed by atoms with Crippen LogP contribution in [0.5, 0.6) is 0 Å². The van der Waals surface area contributed by atoms with E-state index in [0.717, 1.165) is 36.8 Å². The predicted molar refractivity (Wildman–Crippen MR) is 83.4 cm³/mol. The molecule has 21 heavy (non-hydrogen) atoms. The van der Waals surface area contributed by atoms with E-state index in [2.05, 4.69) is 5.43 Å². The summed E-state index contributed by atoms with van der Waals surface area (Å²) < 4.78 is 20.7. The Labute approximate surface area is 127 Å². The maximum Gasteiger partial charge on any atom is 0.128 e. The Hall–Kier alpha value is -0.970. The molecule has 1 aromatic rings. The lowest BCUT2D eigenvalue weighted by Gasteiger charge is -2.43. The van der Waals surface area contributed by atoms with Crippen molar-refractivity contribution in [1.29, 1.82) is 0 Å². The second kappa shape index (κ2) is 6.86. The van der Waals surface area contributed by atoms with E-state index in [1.54, 1.807) is 6.07 Å². The monoisotopic (exact) mass is 294 g/mol. The predicted octanol–water partition coefficient (Wildman–Crippen LogP) is 3.69. The number of hydrazine groups is 1. The summed E-state index contributed by atoms with van der Waals surface area (Å²) in [6, 6.07) is 3.28. The topological polar surface area (TPSA) is 47.3 Å². The van der Waals surface area contributed by atoms with Crippen molar-refractivity contribution in [3.8, 4) is 0 Å². The highest BCUT2D eigenvalue weighted by Gasteiger charge is 2.42. The van der Waals surface area contributed by atoms with E-state index in [0.29, 0.717) is 12.2 Å². The van der Waals surface area contributed by atoms with Crippen LogP contribution in [-0.2, 0) is 4.74 Å². The molecule has 0 spiro atoms. The molecule has 0 saturated heterocycles. The largest absolute Gasteiger partial charge is 0.373 e. The Morgan fingerprint density at radius 2 is 1.95 bits per heavy atom. The average molecular weight is 294 g/mol. The maximum absolute atomic E-state index is 14.6. The van der Waals surface area contributed by atoms with Crippen molar-refractivity contribution in [1.82, 2.24) is 5.43 Å². The zero-order valence-electron chi connectivity index (χ0n) is 13.3. The number of rotatable bonds is 5. The van der Waals surface area contributed by atoms with Crippen molar-refractivity contribution in [2.75, 3.05) is 6.61 Å². The Morgan fingerprint density at radius 1 is 1.29 bits per heavy atom. The Bertz CT molecular complexity index is 455. The molecule has 118 valence electrons. The maximum atomic E-state index is 14.6. The van der Waals surface area contributed by atoms with Gasteiger partial charge >= 0.3 is 0 Å². The van der Waals surface area contributed by atoms with E-state index in [1.807, 2.05) is 26.8 Å². The molecule has 2 rings (SSSR count). The quantitative estimate of drug-likeness (QED) is 0.643. The molecular formula is C17H27FN2O. The van der Waals surface area contributed by atoms with Gasteiger partial charge in [-0.15, -0.1) is 0 Å². The lowest BCUT2D eigenvalue weighted by atomic mass is 9.75. The van der Waals surface area contributed by atoms with Gasteiger partial charge in [0.05, 0.1) is 11.6 Å². The van der Waals surface area contributed by atoms with Gasteiger partial charge in [0.25, 0.3) is 0 Å². The zero-order valence-corrected chi connectivity index (χ0v) is 13.3. The second-order valence-electron chi connectivity index (χ2n) is 6.14. The molecule has 0 radical (unpaired) electrons. The molecule has 1 aromatic carbocycles. The Morgan fingerprint density at radius 3 is 2.48 bits per heavy atom. The highest BCUT2D eigenvalue weighted by molar-refractivity contribution is 5.36. The summed E-state index contributed by atoms with van der Waals surface area (Å²) in [5.41, 5.74) is 4.96. The standard InChI is InChI=1S/C17H27FN2O/c1-4-21-17(8-6-5-7-9-17)16(20-19)15-13(3)10-12(2)11-14(15)18/h10-11,16,20H,4-9,19H2,1-3H3. The van der Waals surface area contributed by atoms with Gasteiger partial charge in [-0.05, 0) is 50.8 Å². The number of nitrogens with one attached hydrogen (secondary N) is 1. The van der Waals surface area contributed by atoms with E-state index >= 15 is 0 Å². The van der Waals surface area contributed by atoms with Gasteiger partial charge < -0.3 is 4.74 Å². The Kier molecular flexibility index (Phi) is 5.36. The molecule has 0 aromatic heterocycles. The first-order chi connectivity index (χ1) is 10.0. The van der Waals surface area contributed by atoms with E-state index in [1.165, 1.54) is 6.42 Å². The fourth-order valence-electron chi connectivity index (χ4n) is 3.74. The lowest BCUT2D eigenvalue weighted by Crippen LogP contribution is -2.50. The molecule has 1 fully saturated rings. The minimum Gasteiger partial charge on any atom is -0.373 e. The van der Waals surface area contributed by atoms with Crippen LogP contribution in [0.25, 0.3) is 0 Å². The van der Waals surface area contributed by atoms with Crippen LogP contribution in [0, 0.1) is 19.7 Å². The molecule has 1 atom stereocenters. The molecule has 0 bridgehead atoms. The smallest absolute Gasteiger partial charge is 0.128 e. The molecule has 1 saturated carbocycles. The number of benzene rings is 1. The molecule has 0 aliphatic heterocycles. The highest BCUT2D eigenvalue weighted by atomic mass is 19.1. The SMILES string of the molecule is CCOC1(C(NN)c2c(C)cc(C)cc2F)CCCCC1. The first-order valence-electron chi connectivity index (χ1n) is 7.91. The molecule has 0 amide bonds. The van der Waals surface area contributed by atoms with E-state index in [4.69, 9.17) is 10.6 Å². The molecule has 0 heterocycles. The summed E-state index contributed by atoms with van der Waals surface area (Å²) in [5, 5.41) is 0. The van der Waals surface area contributed by atoms with Crippen LogP contribution in [0.15, 0.2) is 12.1 Å². The van der Waals surface area contributed by atoms with Gasteiger partial charge in [0.15, 0.2) is 0 Å². The fourth-order valence-corrected chi connectivity index (χ4v) is 3.74. The van der Waals surface area contributed by atoms with Crippen molar-refractivity contribution in [2.45, 2.75) is 64.5 Å². The van der Waals surface area contributed by atoms with Gasteiger partial charge in [-0.3, -0.25) is 5.84 Å². The summed E-state index contributed by atoms with van der Waals surface area (Å²) in [4.78, 5) is 0. The number of halogens is 1. The van der Waals surface area contributed by atoms with Gasteiger partial charge in [-0.25, -0.2) is 9.82 Å². The lowest BCUT2D eigenvalue weighted by molar-refractivity contribution is -0.0921. The minimum atomic E-state index is -0.400. The van der Waals surface area contributed by atoms with E-state index in [9.17, 15) is 4.39 Å². The van der Waals surface area contributed by atoms with Crippen LogP contribution in [0.2, 0.25) is 0 Å². The van der Waals surface area contributed by atoms with Crippen molar-refractivity contribution in [3.05, 3.63) is 34.6 Å². The molecule has 1 aliphatic carbocycles. The molecule has 1 unspecified atom stereocenters. The minimum absolute atomic E-state index is 0.194. The highest BCUT2D eigenvalue weighted by Crippen LogP contribution is 2.42. The average Bonchev–Trinajstić information content (AvgIpc) is 2.43. The van der Waals surface area contributed by atoms with Crippen LogP contribution in [-0.4, -0.2) is 12.2 Å². The summed E-state index contributed by atoms with van der Waals surface area (Å²) >= 11 is 0. The van der Waals surface area contributed by atoms with Gasteiger partial charge in [0, 0.05) is 12.2 Å². The third-order valence-electron chi connectivity index (χ3n) is 4.59. The fraction of sp³-hybridized carbons (Fsp3) is 0.647. The molecule has 4 heteroatoms. The van der Waals surface area contributed by atoms with Crippen LogP contribution in [0.1, 0.15) is 61.8 Å². The third-order valence-corrected chi connectivity index (χ3v) is 4.59. The molecular weight excluding hydrogens is 267 g/mol. The van der Waals surface area contributed by atoms with Gasteiger partial charge in [0.1, 0.15) is 5.82 Å². The van der Waals surface area contributed by atoms with Crippen molar-refractivity contribution in [2.24, 2.45) is 5.84 Å². The third kappa shape index (κ3) is 3.28. The van der Waals surface area contributed by atoms with Crippen molar-refractivity contribution >= 4 is 0 Å². The second-order valence-corrected chi connectivity index (χ2v) is 6.14. The van der Waals surface area contributed by atoms with Crippen molar-refractivity contribution < 1.29 is 9.13 Å². The van der Waals surface area contributed by atoms with Gasteiger partial charge in [-0.2, -0.15) is 0 Å². The van der Waals surface area contributed by atoms with E-state index < -0.39 is 5.60 Å². The number of hydrogen-bond donors (Lipinski definition) is 2. The number of aryl methyl sites for hydroxylation is 2. The summed E-state index contributed by atoms with van der Waals surface area (Å²) in [6.45, 7) is 6.45. The normalized spacial score (nSPS) is 19.5. The Balaban J connectivity index is 2.46. The van der Waals surface area contributed by atoms with Crippen LogP contribution >= 0.6 is 0 Å². The molecule has 1 aliphatic rings. The number of nitrogens with two attached hydrogens (primary N) is 1. The first-order valence-corrected chi connectivity index (χ1v) is 7.91. The summed E-state index contributed by atoms with van der Waals surface area (Å²) in [6.07, 6.45) is 5.25. The van der Waals surface area contributed by atoms with Crippen LogP contribution < -0.4 is 11.3 Å². The molecule has 3 N–H and O–H groups in total. The number of hydrogen-bond acceptors (Lipinski definition) is 3. The van der Waals surface area contributed by atoms with Crippen molar-refractivity contribution in [3.63, 3.8) is 0 Å². The van der Waals surface area contributed by atoms with Gasteiger partial charge in [-0.1, -0.05) is 25.3 Å². The van der Waals surface area contributed by atoms with Crippen LogP contribution in [0.4, 0.5) is 4.39 Å². The van der Waals surface area contributed by atoms with E-state index in [-0.39, 0.29) is 11.9 Å². The number of ether oxygens (including phenoxy) is 1. The first kappa shape index (κ1) is 16.4. The molecule has 3 nitrogen and oxygen atoms in total. The summed E-state index contributed by atoms with van der Waals surface area (Å²) in [7, 11) is 0. The zero-order chi connectivity index (χ0) is 15.5.